The van der Waals surface area contributed by atoms with E-state index in [4.69, 9.17) is 4.52 Å². The maximum Gasteiger partial charge on any atom is 0.292 e. The number of amides is 2. The van der Waals surface area contributed by atoms with Gasteiger partial charge in [0.2, 0.25) is 5.76 Å². The quantitative estimate of drug-likeness (QED) is 0.797. The molecule has 2 amide bonds. The highest BCUT2D eigenvalue weighted by atomic mass is 16.5. The molecule has 0 bridgehead atoms. The lowest BCUT2D eigenvalue weighted by molar-refractivity contribution is 0.0511. The van der Waals surface area contributed by atoms with Gasteiger partial charge in [-0.3, -0.25) is 19.2 Å². The monoisotopic (exact) mass is 412 g/mol. The van der Waals surface area contributed by atoms with Crippen LogP contribution in [0, 0.1) is 12.3 Å². The van der Waals surface area contributed by atoms with Crippen molar-refractivity contribution in [3.05, 3.63) is 50.8 Å². The number of piperazine rings is 1. The number of hydrogen-bond acceptors (Lipinski definition) is 6. The molecule has 1 fully saturated rings. The number of hydrogen-bond donors (Lipinski definition) is 1. The van der Waals surface area contributed by atoms with Crippen molar-refractivity contribution in [2.75, 3.05) is 26.2 Å². The van der Waals surface area contributed by atoms with Crippen LogP contribution in [0.1, 0.15) is 62.9 Å². The molecule has 2 aromatic heterocycles. The third-order valence-corrected chi connectivity index (χ3v) is 5.64. The third kappa shape index (κ3) is 3.67. The maximum atomic E-state index is 13.0. The average molecular weight is 412 g/mol. The second-order valence-electron chi connectivity index (χ2n) is 8.76. The van der Waals surface area contributed by atoms with E-state index in [0.29, 0.717) is 42.9 Å². The first-order chi connectivity index (χ1) is 14.1. The Labute approximate surface area is 173 Å². The summed E-state index contributed by atoms with van der Waals surface area (Å²) in [6, 6.07) is 3.01. The fourth-order valence-corrected chi connectivity index (χ4v) is 4.09. The van der Waals surface area contributed by atoms with Crippen molar-refractivity contribution in [3.8, 4) is 0 Å². The molecule has 0 spiro atoms. The number of carbonyl (C=O) groups is 3. The van der Waals surface area contributed by atoms with Crippen molar-refractivity contribution in [1.82, 2.24) is 19.9 Å². The van der Waals surface area contributed by atoms with Crippen LogP contribution in [0.15, 0.2) is 21.5 Å². The van der Waals surface area contributed by atoms with Crippen LogP contribution in [0.3, 0.4) is 0 Å². The average Bonchev–Trinajstić information content (AvgIpc) is 3.12. The molecule has 0 saturated carbocycles. The molecular weight excluding hydrogens is 388 g/mol. The SMILES string of the molecule is Cc1cc(C(=O)N2CCN(C(=O)c3cc4c([nH]c3=O)CC(C)(C)CC4=O)CC2)on1. The first-order valence-corrected chi connectivity index (χ1v) is 9.96. The van der Waals surface area contributed by atoms with Gasteiger partial charge in [-0.05, 0) is 24.8 Å². The molecule has 2 aliphatic rings. The van der Waals surface area contributed by atoms with Crippen molar-refractivity contribution in [2.24, 2.45) is 5.41 Å². The van der Waals surface area contributed by atoms with Crippen LogP contribution >= 0.6 is 0 Å². The zero-order valence-corrected chi connectivity index (χ0v) is 17.3. The van der Waals surface area contributed by atoms with Crippen LogP contribution < -0.4 is 5.56 Å². The second-order valence-corrected chi connectivity index (χ2v) is 8.76. The van der Waals surface area contributed by atoms with E-state index < -0.39 is 11.5 Å². The summed E-state index contributed by atoms with van der Waals surface area (Å²) >= 11 is 0. The first kappa shape index (κ1) is 20.1. The van der Waals surface area contributed by atoms with Gasteiger partial charge in [-0.15, -0.1) is 0 Å². The second kappa shape index (κ2) is 7.23. The van der Waals surface area contributed by atoms with E-state index in [1.807, 2.05) is 13.8 Å². The Bertz CT molecular complexity index is 1090. The molecule has 2 aromatic rings. The Balaban J connectivity index is 1.48. The molecule has 30 heavy (non-hydrogen) atoms. The van der Waals surface area contributed by atoms with Crippen LogP contribution in [0.5, 0.6) is 0 Å². The number of carbonyl (C=O) groups excluding carboxylic acids is 3. The summed E-state index contributed by atoms with van der Waals surface area (Å²) in [6.07, 6.45) is 0.960. The van der Waals surface area contributed by atoms with Gasteiger partial charge in [0.1, 0.15) is 5.56 Å². The minimum atomic E-state index is -0.486. The molecular formula is C21H24N4O5. The van der Waals surface area contributed by atoms with Crippen LogP contribution in [0.2, 0.25) is 0 Å². The molecule has 1 aliphatic heterocycles. The Morgan fingerprint density at radius 2 is 1.67 bits per heavy atom. The molecule has 1 aliphatic carbocycles. The summed E-state index contributed by atoms with van der Waals surface area (Å²) in [5.74, 6) is -0.606. The van der Waals surface area contributed by atoms with Gasteiger partial charge in [-0.2, -0.15) is 0 Å². The van der Waals surface area contributed by atoms with E-state index in [-0.39, 0.29) is 41.5 Å². The highest BCUT2D eigenvalue weighted by Crippen LogP contribution is 2.33. The van der Waals surface area contributed by atoms with E-state index in [0.717, 1.165) is 0 Å². The number of rotatable bonds is 2. The number of Topliss-reactive ketones (excluding diaryl/α,β-unsaturated/α-hetero) is 1. The van der Waals surface area contributed by atoms with Crippen molar-refractivity contribution in [3.63, 3.8) is 0 Å². The molecule has 158 valence electrons. The summed E-state index contributed by atoms with van der Waals surface area (Å²) < 4.78 is 5.02. The highest BCUT2D eigenvalue weighted by Gasteiger charge is 2.34. The topological polar surface area (TPSA) is 117 Å². The Hall–Kier alpha value is -3.23. The van der Waals surface area contributed by atoms with Crippen LogP contribution in [0.4, 0.5) is 0 Å². The van der Waals surface area contributed by atoms with Gasteiger partial charge in [-0.1, -0.05) is 19.0 Å². The number of ketones is 1. The molecule has 9 nitrogen and oxygen atoms in total. The predicted molar refractivity (Wildman–Crippen MR) is 107 cm³/mol. The molecule has 0 unspecified atom stereocenters. The molecule has 0 aromatic carbocycles. The van der Waals surface area contributed by atoms with E-state index in [1.54, 1.807) is 17.9 Å². The minimum absolute atomic E-state index is 0.0348. The summed E-state index contributed by atoms with van der Waals surface area (Å²) in [7, 11) is 0. The van der Waals surface area contributed by atoms with Crippen molar-refractivity contribution >= 4 is 17.6 Å². The van der Waals surface area contributed by atoms with Crippen LogP contribution in [-0.4, -0.2) is 63.7 Å². The van der Waals surface area contributed by atoms with Crippen LogP contribution in [-0.2, 0) is 6.42 Å². The number of aromatic nitrogens is 2. The largest absolute Gasteiger partial charge is 0.351 e. The fraction of sp³-hybridized carbons (Fsp3) is 0.476. The van der Waals surface area contributed by atoms with Gasteiger partial charge in [0.15, 0.2) is 5.78 Å². The van der Waals surface area contributed by atoms with Crippen molar-refractivity contribution < 1.29 is 18.9 Å². The standard InChI is InChI=1S/C21H24N4O5/c1-12-8-17(30-23-12)20(29)25-6-4-24(5-7-25)19(28)14-9-13-15(22-18(14)27)10-21(2,3)11-16(13)26/h8-9H,4-7,10-11H2,1-3H3,(H,22,27). The lowest BCUT2D eigenvalue weighted by Gasteiger charge is -2.34. The molecule has 1 saturated heterocycles. The molecule has 0 radical (unpaired) electrons. The molecule has 1 N–H and O–H groups in total. The normalized spacial score (nSPS) is 18.3. The van der Waals surface area contributed by atoms with Gasteiger partial charge >= 0.3 is 0 Å². The number of pyridine rings is 1. The molecule has 4 rings (SSSR count). The predicted octanol–water partition coefficient (Wildman–Crippen LogP) is 1.42. The summed E-state index contributed by atoms with van der Waals surface area (Å²) in [4.78, 5) is 56.3. The zero-order chi connectivity index (χ0) is 21.6. The smallest absolute Gasteiger partial charge is 0.292 e. The lowest BCUT2D eigenvalue weighted by atomic mass is 9.75. The maximum absolute atomic E-state index is 13.0. The Kier molecular flexibility index (Phi) is 4.83. The molecule has 0 atom stereocenters. The minimum Gasteiger partial charge on any atom is -0.351 e. The number of H-pyrrole nitrogens is 1. The number of aromatic amines is 1. The number of nitrogens with one attached hydrogen (secondary N) is 1. The van der Waals surface area contributed by atoms with E-state index in [1.165, 1.54) is 11.0 Å². The van der Waals surface area contributed by atoms with Gasteiger partial charge < -0.3 is 19.3 Å². The number of aryl methyl sites for hydroxylation is 1. The van der Waals surface area contributed by atoms with Gasteiger partial charge in [0.25, 0.3) is 17.4 Å². The highest BCUT2D eigenvalue weighted by molar-refractivity contribution is 6.02. The van der Waals surface area contributed by atoms with Crippen molar-refractivity contribution in [2.45, 2.75) is 33.6 Å². The summed E-state index contributed by atoms with van der Waals surface area (Å²) in [5, 5.41) is 3.72. The third-order valence-electron chi connectivity index (χ3n) is 5.64. The fourth-order valence-electron chi connectivity index (χ4n) is 4.09. The van der Waals surface area contributed by atoms with Gasteiger partial charge in [0, 0.05) is 49.9 Å². The molecule has 3 heterocycles. The molecule has 9 heteroatoms. The lowest BCUT2D eigenvalue weighted by Crippen LogP contribution is -2.51. The number of nitrogens with zero attached hydrogens (tertiary/aromatic N) is 3. The van der Waals surface area contributed by atoms with E-state index in [2.05, 4.69) is 10.1 Å². The van der Waals surface area contributed by atoms with Gasteiger partial charge in [0.05, 0.1) is 5.69 Å². The Morgan fingerprint density at radius 3 is 2.27 bits per heavy atom. The van der Waals surface area contributed by atoms with Crippen LogP contribution in [0.25, 0.3) is 0 Å². The summed E-state index contributed by atoms with van der Waals surface area (Å²) in [6.45, 7) is 6.90. The van der Waals surface area contributed by atoms with E-state index in [9.17, 15) is 19.2 Å². The van der Waals surface area contributed by atoms with Crippen molar-refractivity contribution in [1.29, 1.82) is 0 Å². The first-order valence-electron chi connectivity index (χ1n) is 9.96. The van der Waals surface area contributed by atoms with E-state index >= 15 is 0 Å². The zero-order valence-electron chi connectivity index (χ0n) is 17.3. The summed E-state index contributed by atoms with van der Waals surface area (Å²) in [5.41, 5.74) is 0.898. The van der Waals surface area contributed by atoms with Gasteiger partial charge in [-0.25, -0.2) is 0 Å². The number of fused-ring (bicyclic) bond motifs is 1. The Morgan fingerprint density at radius 1 is 1.03 bits per heavy atom.